The van der Waals surface area contributed by atoms with Gasteiger partial charge >= 0.3 is 12.0 Å². The summed E-state index contributed by atoms with van der Waals surface area (Å²) in [6.45, 7) is 3.72. The van der Waals surface area contributed by atoms with E-state index in [4.69, 9.17) is 10.2 Å². The molecule has 1 atom stereocenters. The van der Waals surface area contributed by atoms with Crippen molar-refractivity contribution in [2.75, 3.05) is 26.2 Å². The highest BCUT2D eigenvalue weighted by molar-refractivity contribution is 5.75. The number of carboxylic acid groups (broad SMARTS) is 1. The SMILES string of the molecule is CCCCN(CCO)C(=O)N1CCCCC1CCC(=O)O. The maximum Gasteiger partial charge on any atom is 0.320 e. The van der Waals surface area contributed by atoms with Crippen LogP contribution in [0.2, 0.25) is 0 Å². The van der Waals surface area contributed by atoms with Gasteiger partial charge < -0.3 is 20.0 Å². The molecule has 0 aromatic heterocycles. The van der Waals surface area contributed by atoms with Crippen LogP contribution in [-0.2, 0) is 4.79 Å². The number of hydrogen-bond acceptors (Lipinski definition) is 3. The second-order valence-corrected chi connectivity index (χ2v) is 5.62. The average molecular weight is 300 g/mol. The molecular weight excluding hydrogens is 272 g/mol. The molecule has 1 aliphatic heterocycles. The Bertz CT molecular complexity index is 336. The van der Waals surface area contributed by atoms with Gasteiger partial charge in [0.2, 0.25) is 0 Å². The fourth-order valence-electron chi connectivity index (χ4n) is 2.80. The molecule has 122 valence electrons. The zero-order chi connectivity index (χ0) is 15.7. The summed E-state index contributed by atoms with van der Waals surface area (Å²) in [5.74, 6) is -0.814. The first-order valence-corrected chi connectivity index (χ1v) is 7.98. The fourth-order valence-corrected chi connectivity index (χ4v) is 2.80. The molecule has 6 heteroatoms. The third-order valence-corrected chi connectivity index (χ3v) is 3.99. The van der Waals surface area contributed by atoms with E-state index in [2.05, 4.69) is 6.92 Å². The smallest absolute Gasteiger partial charge is 0.320 e. The van der Waals surface area contributed by atoms with E-state index in [1.165, 1.54) is 0 Å². The number of rotatable bonds is 8. The molecular formula is C15H28N2O4. The largest absolute Gasteiger partial charge is 0.481 e. The van der Waals surface area contributed by atoms with Crippen LogP contribution in [0, 0.1) is 0 Å². The number of nitrogens with zero attached hydrogens (tertiary/aromatic N) is 2. The minimum atomic E-state index is -0.814. The van der Waals surface area contributed by atoms with Gasteiger partial charge in [-0.2, -0.15) is 0 Å². The van der Waals surface area contributed by atoms with Gasteiger partial charge in [-0.15, -0.1) is 0 Å². The predicted octanol–water partition coefficient (Wildman–Crippen LogP) is 1.92. The first-order valence-electron chi connectivity index (χ1n) is 7.98. The van der Waals surface area contributed by atoms with Gasteiger partial charge in [-0.1, -0.05) is 13.3 Å². The Morgan fingerprint density at radius 3 is 2.67 bits per heavy atom. The van der Waals surface area contributed by atoms with Gasteiger partial charge in [0.15, 0.2) is 0 Å². The van der Waals surface area contributed by atoms with Gasteiger partial charge in [0.05, 0.1) is 6.61 Å². The van der Waals surface area contributed by atoms with Gasteiger partial charge in [0.1, 0.15) is 0 Å². The number of carbonyl (C=O) groups excluding carboxylic acids is 1. The summed E-state index contributed by atoms with van der Waals surface area (Å²) in [6, 6.07) is -0.0299. The molecule has 2 N–H and O–H groups in total. The second kappa shape index (κ2) is 9.60. The van der Waals surface area contributed by atoms with Crippen LogP contribution in [0.1, 0.15) is 51.9 Å². The first kappa shape index (κ1) is 17.8. The summed E-state index contributed by atoms with van der Waals surface area (Å²) in [5.41, 5.74) is 0. The van der Waals surface area contributed by atoms with Crippen molar-refractivity contribution in [3.8, 4) is 0 Å². The summed E-state index contributed by atoms with van der Waals surface area (Å²) < 4.78 is 0. The molecule has 0 aromatic carbocycles. The van der Waals surface area contributed by atoms with E-state index < -0.39 is 5.97 Å². The van der Waals surface area contributed by atoms with Crippen molar-refractivity contribution >= 4 is 12.0 Å². The maximum absolute atomic E-state index is 12.6. The van der Waals surface area contributed by atoms with Gasteiger partial charge in [-0.05, 0) is 32.1 Å². The van der Waals surface area contributed by atoms with Crippen LogP contribution < -0.4 is 0 Å². The van der Waals surface area contributed by atoms with Crippen LogP contribution in [0.5, 0.6) is 0 Å². The lowest BCUT2D eigenvalue weighted by Crippen LogP contribution is -2.51. The number of unbranched alkanes of at least 4 members (excludes halogenated alkanes) is 1. The van der Waals surface area contributed by atoms with Gasteiger partial charge in [-0.25, -0.2) is 4.79 Å². The summed E-state index contributed by atoms with van der Waals surface area (Å²) in [5, 5.41) is 18.0. The van der Waals surface area contributed by atoms with Gasteiger partial charge in [-0.3, -0.25) is 4.79 Å². The molecule has 0 aliphatic carbocycles. The quantitative estimate of drug-likeness (QED) is 0.717. The summed E-state index contributed by atoms with van der Waals surface area (Å²) in [6.07, 6.45) is 5.42. The molecule has 0 bridgehead atoms. The number of carboxylic acids is 1. The lowest BCUT2D eigenvalue weighted by Gasteiger charge is -2.39. The Morgan fingerprint density at radius 1 is 1.29 bits per heavy atom. The van der Waals surface area contributed by atoms with Gasteiger partial charge in [0.25, 0.3) is 0 Å². The molecule has 0 radical (unpaired) electrons. The Labute approximate surface area is 126 Å². The minimum Gasteiger partial charge on any atom is -0.481 e. The van der Waals surface area contributed by atoms with Crippen LogP contribution in [0.25, 0.3) is 0 Å². The van der Waals surface area contributed by atoms with E-state index in [0.29, 0.717) is 26.1 Å². The Kier molecular flexibility index (Phi) is 8.12. The zero-order valence-electron chi connectivity index (χ0n) is 13.0. The molecule has 1 heterocycles. The number of aliphatic hydroxyl groups excluding tert-OH is 1. The number of hydrogen-bond donors (Lipinski definition) is 2. The lowest BCUT2D eigenvalue weighted by molar-refractivity contribution is -0.137. The minimum absolute atomic E-state index is 0.0187. The average Bonchev–Trinajstić information content (AvgIpc) is 2.49. The van der Waals surface area contributed by atoms with Crippen LogP contribution in [0.4, 0.5) is 4.79 Å². The number of carbonyl (C=O) groups is 2. The van der Waals surface area contributed by atoms with E-state index in [1.807, 2.05) is 4.90 Å². The number of aliphatic hydroxyl groups is 1. The summed E-state index contributed by atoms with van der Waals surface area (Å²) >= 11 is 0. The zero-order valence-corrected chi connectivity index (χ0v) is 13.0. The van der Waals surface area contributed by atoms with E-state index in [-0.39, 0.29) is 25.1 Å². The van der Waals surface area contributed by atoms with Crippen molar-refractivity contribution < 1.29 is 19.8 Å². The highest BCUT2D eigenvalue weighted by atomic mass is 16.4. The third kappa shape index (κ3) is 5.91. The second-order valence-electron chi connectivity index (χ2n) is 5.62. The van der Waals surface area contributed by atoms with Crippen molar-refractivity contribution in [3.63, 3.8) is 0 Å². The molecule has 1 saturated heterocycles. The third-order valence-electron chi connectivity index (χ3n) is 3.99. The normalized spacial score (nSPS) is 18.6. The lowest BCUT2D eigenvalue weighted by atomic mass is 9.98. The molecule has 21 heavy (non-hydrogen) atoms. The number of urea groups is 1. The molecule has 0 aromatic rings. The Morgan fingerprint density at radius 2 is 2.05 bits per heavy atom. The number of likely N-dealkylation sites (tertiary alicyclic amines) is 1. The first-order chi connectivity index (χ1) is 10.1. The highest BCUT2D eigenvalue weighted by Crippen LogP contribution is 2.22. The van der Waals surface area contributed by atoms with Gasteiger partial charge in [0, 0.05) is 32.1 Å². The summed E-state index contributed by atoms with van der Waals surface area (Å²) in [4.78, 5) is 26.9. The van der Waals surface area contributed by atoms with Crippen LogP contribution in [-0.4, -0.2) is 64.3 Å². The van der Waals surface area contributed by atoms with Crippen molar-refractivity contribution in [3.05, 3.63) is 0 Å². The standard InChI is InChI=1S/C15H28N2O4/c1-2-3-9-16(11-12-18)15(21)17-10-5-4-6-13(17)7-8-14(19)20/h13,18H,2-12H2,1H3,(H,19,20). The molecule has 1 unspecified atom stereocenters. The van der Waals surface area contributed by atoms with Crippen LogP contribution in [0.3, 0.4) is 0 Å². The highest BCUT2D eigenvalue weighted by Gasteiger charge is 2.29. The van der Waals surface area contributed by atoms with Crippen molar-refractivity contribution in [2.45, 2.75) is 57.9 Å². The van der Waals surface area contributed by atoms with E-state index in [9.17, 15) is 9.59 Å². The van der Waals surface area contributed by atoms with Crippen molar-refractivity contribution in [2.24, 2.45) is 0 Å². The molecule has 2 amide bonds. The Balaban J connectivity index is 2.66. The van der Waals surface area contributed by atoms with Crippen molar-refractivity contribution in [1.29, 1.82) is 0 Å². The summed E-state index contributed by atoms with van der Waals surface area (Å²) in [7, 11) is 0. The van der Waals surface area contributed by atoms with E-state index in [0.717, 1.165) is 32.1 Å². The molecule has 0 saturated carbocycles. The maximum atomic E-state index is 12.6. The molecule has 0 spiro atoms. The van der Waals surface area contributed by atoms with Crippen LogP contribution in [0.15, 0.2) is 0 Å². The predicted molar refractivity (Wildman–Crippen MR) is 80.2 cm³/mol. The molecule has 1 aliphatic rings. The topological polar surface area (TPSA) is 81.1 Å². The van der Waals surface area contributed by atoms with E-state index in [1.54, 1.807) is 4.90 Å². The van der Waals surface area contributed by atoms with Crippen LogP contribution >= 0.6 is 0 Å². The fraction of sp³-hybridized carbons (Fsp3) is 0.867. The number of aliphatic carboxylic acids is 1. The molecule has 1 fully saturated rings. The molecule has 6 nitrogen and oxygen atoms in total. The monoisotopic (exact) mass is 300 g/mol. The van der Waals surface area contributed by atoms with E-state index >= 15 is 0 Å². The number of amides is 2. The van der Waals surface area contributed by atoms with Crippen molar-refractivity contribution in [1.82, 2.24) is 9.80 Å². The molecule has 1 rings (SSSR count). The Hall–Kier alpha value is -1.30. The number of piperidine rings is 1.